The van der Waals surface area contributed by atoms with E-state index in [9.17, 15) is 19.2 Å². The van der Waals surface area contributed by atoms with Gasteiger partial charge in [-0.25, -0.2) is 4.79 Å². The summed E-state index contributed by atoms with van der Waals surface area (Å²) in [5.74, 6) is -1.23. The van der Waals surface area contributed by atoms with Gasteiger partial charge in [-0.1, -0.05) is 72.8 Å². The summed E-state index contributed by atoms with van der Waals surface area (Å²) < 4.78 is 0. The molecule has 1 N–H and O–H groups in total. The third kappa shape index (κ3) is 3.38. The second kappa shape index (κ2) is 8.02. The van der Waals surface area contributed by atoms with Crippen molar-refractivity contribution < 1.29 is 19.2 Å². The van der Waals surface area contributed by atoms with Gasteiger partial charge in [0.1, 0.15) is 0 Å². The number of fused-ring (bicyclic) bond motifs is 1. The Balaban J connectivity index is 1.41. The molecule has 1 fully saturated rings. The highest BCUT2D eigenvalue weighted by atomic mass is 16.2. The smallest absolute Gasteiger partial charge is 0.319 e. The number of benzene rings is 3. The number of imide groups is 2. The minimum Gasteiger partial charge on any atom is -0.319 e. The molecule has 0 radical (unpaired) electrons. The lowest BCUT2D eigenvalue weighted by atomic mass is 9.83. The Morgan fingerprint density at radius 1 is 0.636 bits per heavy atom. The van der Waals surface area contributed by atoms with Gasteiger partial charge in [0, 0.05) is 19.5 Å². The van der Waals surface area contributed by atoms with Gasteiger partial charge in [-0.2, -0.15) is 0 Å². The normalized spacial score (nSPS) is 19.8. The van der Waals surface area contributed by atoms with Crippen molar-refractivity contribution in [2.24, 2.45) is 0 Å². The van der Waals surface area contributed by atoms with E-state index in [0.717, 1.165) is 15.4 Å². The summed E-state index contributed by atoms with van der Waals surface area (Å²) in [6.07, 6.45) is 0.284. The lowest BCUT2D eigenvalue weighted by Crippen LogP contribution is -2.46. The Labute approximate surface area is 190 Å². The van der Waals surface area contributed by atoms with E-state index >= 15 is 0 Å². The molecule has 0 aliphatic carbocycles. The molecule has 164 valence electrons. The Hall–Kier alpha value is -4.26. The molecule has 3 aromatic carbocycles. The predicted octanol–water partition coefficient (Wildman–Crippen LogP) is 2.97. The number of urea groups is 1. The molecule has 5 rings (SSSR count). The number of nitrogens with zero attached hydrogens (tertiary/aromatic N) is 2. The highest BCUT2D eigenvalue weighted by Gasteiger charge is 2.52. The van der Waals surface area contributed by atoms with Crippen LogP contribution in [-0.4, -0.2) is 46.6 Å². The summed E-state index contributed by atoms with van der Waals surface area (Å²) in [5, 5.41) is 2.90. The summed E-state index contributed by atoms with van der Waals surface area (Å²) >= 11 is 0. The Kier molecular flexibility index (Phi) is 5.01. The minimum atomic E-state index is -1.26. The van der Waals surface area contributed by atoms with E-state index in [2.05, 4.69) is 5.32 Å². The van der Waals surface area contributed by atoms with Gasteiger partial charge in [0.15, 0.2) is 5.54 Å². The quantitative estimate of drug-likeness (QED) is 0.473. The maximum Gasteiger partial charge on any atom is 0.325 e. The monoisotopic (exact) mass is 439 g/mol. The molecule has 1 atom stereocenters. The summed E-state index contributed by atoms with van der Waals surface area (Å²) in [5.41, 5.74) is 0.985. The molecule has 0 saturated carbocycles. The topological polar surface area (TPSA) is 86.8 Å². The molecule has 0 bridgehead atoms. The van der Waals surface area contributed by atoms with Crippen molar-refractivity contribution in [1.82, 2.24) is 15.1 Å². The number of amides is 5. The zero-order chi connectivity index (χ0) is 23.0. The molecule has 2 heterocycles. The second-order valence-corrected chi connectivity index (χ2v) is 8.13. The van der Waals surface area contributed by atoms with Crippen LogP contribution in [0.2, 0.25) is 0 Å². The van der Waals surface area contributed by atoms with Crippen molar-refractivity contribution in [2.75, 3.05) is 13.1 Å². The van der Waals surface area contributed by atoms with E-state index in [1.54, 1.807) is 24.3 Å². The van der Waals surface area contributed by atoms with Crippen molar-refractivity contribution in [3.8, 4) is 0 Å². The van der Waals surface area contributed by atoms with E-state index in [0.29, 0.717) is 16.7 Å². The maximum absolute atomic E-state index is 13.7. The fourth-order valence-corrected chi connectivity index (χ4v) is 4.51. The third-order valence-electron chi connectivity index (χ3n) is 6.18. The van der Waals surface area contributed by atoms with Gasteiger partial charge < -0.3 is 5.32 Å². The molecule has 0 aromatic heterocycles. The molecule has 3 aromatic rings. The first-order valence-electron chi connectivity index (χ1n) is 10.7. The first-order valence-corrected chi connectivity index (χ1v) is 10.7. The second-order valence-electron chi connectivity index (χ2n) is 8.13. The number of rotatable bonds is 6. The van der Waals surface area contributed by atoms with Crippen LogP contribution in [0.15, 0.2) is 84.9 Å². The molecule has 7 nitrogen and oxygen atoms in total. The molecule has 2 aliphatic rings. The molecule has 1 saturated heterocycles. The predicted molar refractivity (Wildman–Crippen MR) is 120 cm³/mol. The van der Waals surface area contributed by atoms with Crippen molar-refractivity contribution in [3.05, 3.63) is 107 Å². The molecule has 0 spiro atoms. The fourth-order valence-electron chi connectivity index (χ4n) is 4.51. The van der Waals surface area contributed by atoms with E-state index in [1.807, 2.05) is 60.7 Å². The molecule has 5 amide bonds. The van der Waals surface area contributed by atoms with Crippen LogP contribution in [0.5, 0.6) is 0 Å². The zero-order valence-corrected chi connectivity index (χ0v) is 17.7. The largest absolute Gasteiger partial charge is 0.325 e. The van der Waals surface area contributed by atoms with Crippen molar-refractivity contribution in [2.45, 2.75) is 12.0 Å². The van der Waals surface area contributed by atoms with Gasteiger partial charge >= 0.3 is 6.03 Å². The maximum atomic E-state index is 13.7. The first kappa shape index (κ1) is 20.6. The number of hydrogen-bond donors (Lipinski definition) is 1. The van der Waals surface area contributed by atoms with E-state index in [1.165, 1.54) is 0 Å². The van der Waals surface area contributed by atoms with Gasteiger partial charge in [0.2, 0.25) is 0 Å². The van der Waals surface area contributed by atoms with Crippen LogP contribution >= 0.6 is 0 Å². The van der Waals surface area contributed by atoms with Crippen LogP contribution in [0, 0.1) is 0 Å². The van der Waals surface area contributed by atoms with Crippen molar-refractivity contribution >= 4 is 23.8 Å². The van der Waals surface area contributed by atoms with Gasteiger partial charge in [0.05, 0.1) is 11.1 Å². The number of nitrogens with one attached hydrogen (secondary N) is 1. The standard InChI is InChI=1S/C26H21N3O4/c30-22-20-13-7-8-14-21(20)23(31)28(22)15-16-29-24(32)26(27-25(29)33,19-11-5-2-6-12-19)17-18-9-3-1-4-10-18/h1-14H,15-17H2,(H,27,33). The Morgan fingerprint density at radius 3 is 1.76 bits per heavy atom. The summed E-state index contributed by atoms with van der Waals surface area (Å²) in [7, 11) is 0. The lowest BCUT2D eigenvalue weighted by molar-refractivity contribution is -0.131. The van der Waals surface area contributed by atoms with Gasteiger partial charge in [-0.15, -0.1) is 0 Å². The number of carbonyl (C=O) groups is 4. The molecule has 33 heavy (non-hydrogen) atoms. The Bertz CT molecular complexity index is 1220. The van der Waals surface area contributed by atoms with Crippen LogP contribution in [0.4, 0.5) is 4.79 Å². The van der Waals surface area contributed by atoms with Crippen molar-refractivity contribution in [1.29, 1.82) is 0 Å². The first-order chi connectivity index (χ1) is 16.0. The van der Waals surface area contributed by atoms with Gasteiger partial charge in [-0.05, 0) is 23.3 Å². The summed E-state index contributed by atoms with van der Waals surface area (Å²) in [4.78, 5) is 54.2. The van der Waals surface area contributed by atoms with Gasteiger partial charge in [0.25, 0.3) is 17.7 Å². The van der Waals surface area contributed by atoms with Crippen LogP contribution in [0.3, 0.4) is 0 Å². The van der Waals surface area contributed by atoms with E-state index in [-0.39, 0.29) is 19.5 Å². The van der Waals surface area contributed by atoms with Crippen LogP contribution in [0.1, 0.15) is 31.8 Å². The fraction of sp³-hybridized carbons (Fsp3) is 0.154. The van der Waals surface area contributed by atoms with Crippen LogP contribution in [0.25, 0.3) is 0 Å². The average molecular weight is 439 g/mol. The summed E-state index contributed by atoms with van der Waals surface area (Å²) in [6.45, 7) is -0.152. The zero-order valence-electron chi connectivity index (χ0n) is 17.7. The number of hydrogen-bond acceptors (Lipinski definition) is 4. The summed E-state index contributed by atoms with van der Waals surface area (Å²) in [6, 6.07) is 24.6. The molecule has 2 aliphatic heterocycles. The SMILES string of the molecule is O=C1NC(Cc2ccccc2)(c2ccccc2)C(=O)N1CCN1C(=O)c2ccccc2C1=O. The molecular formula is C26H21N3O4. The van der Waals surface area contributed by atoms with Crippen molar-refractivity contribution in [3.63, 3.8) is 0 Å². The third-order valence-corrected chi connectivity index (χ3v) is 6.18. The highest BCUT2D eigenvalue weighted by molar-refractivity contribution is 6.21. The minimum absolute atomic E-state index is 0.0677. The lowest BCUT2D eigenvalue weighted by Gasteiger charge is -2.28. The average Bonchev–Trinajstić information content (AvgIpc) is 3.23. The molecular weight excluding hydrogens is 418 g/mol. The van der Waals surface area contributed by atoms with Gasteiger partial charge in [-0.3, -0.25) is 24.2 Å². The molecule has 7 heteroatoms. The van der Waals surface area contributed by atoms with E-state index < -0.39 is 29.3 Å². The van der Waals surface area contributed by atoms with E-state index in [4.69, 9.17) is 0 Å². The number of carbonyl (C=O) groups excluding carboxylic acids is 4. The Morgan fingerprint density at radius 2 is 1.15 bits per heavy atom. The van der Waals surface area contributed by atoms with Crippen LogP contribution < -0.4 is 5.32 Å². The highest BCUT2D eigenvalue weighted by Crippen LogP contribution is 2.33. The molecule has 1 unspecified atom stereocenters. The van der Waals surface area contributed by atoms with Crippen LogP contribution in [-0.2, 0) is 16.8 Å².